The molecular formula is C10H13NO3. The van der Waals surface area contributed by atoms with Gasteiger partial charge in [0.2, 0.25) is 12.7 Å². The van der Waals surface area contributed by atoms with Crippen molar-refractivity contribution in [2.45, 2.75) is 13.3 Å². The quantitative estimate of drug-likeness (QED) is 0.728. The number of ether oxygens (including phenoxy) is 2. The largest absolute Gasteiger partial charge is 0.457 e. The molecule has 1 unspecified atom stereocenters. The van der Waals surface area contributed by atoms with Gasteiger partial charge in [-0.1, -0.05) is 13.0 Å². The van der Waals surface area contributed by atoms with Gasteiger partial charge < -0.3 is 14.8 Å². The van der Waals surface area contributed by atoms with Crippen LogP contribution in [0, 0.1) is 5.92 Å². The van der Waals surface area contributed by atoms with E-state index >= 15 is 0 Å². The molecule has 76 valence electrons. The van der Waals surface area contributed by atoms with Crippen LogP contribution in [0.25, 0.3) is 0 Å². The fourth-order valence-electron chi connectivity index (χ4n) is 1.51. The van der Waals surface area contributed by atoms with Crippen LogP contribution in [0.3, 0.4) is 0 Å². The Kier molecular flexibility index (Phi) is 2.43. The molecule has 1 heterocycles. The number of amides is 1. The van der Waals surface area contributed by atoms with E-state index in [1.165, 1.54) is 0 Å². The minimum Gasteiger partial charge on any atom is -0.457 e. The molecule has 1 aliphatic heterocycles. The molecule has 1 atom stereocenters. The van der Waals surface area contributed by atoms with Crippen LogP contribution < -0.4 is 5.32 Å². The maximum absolute atomic E-state index is 11.6. The van der Waals surface area contributed by atoms with E-state index in [1.807, 2.05) is 6.92 Å². The summed E-state index contributed by atoms with van der Waals surface area (Å²) in [5.41, 5.74) is 0. The monoisotopic (exact) mass is 195 g/mol. The molecule has 0 aromatic carbocycles. The fourth-order valence-corrected chi connectivity index (χ4v) is 1.51. The molecule has 0 radical (unpaired) electrons. The number of carbonyl (C=O) groups is 1. The number of rotatable bonds is 3. The van der Waals surface area contributed by atoms with Gasteiger partial charge in [0.1, 0.15) is 5.92 Å². The summed E-state index contributed by atoms with van der Waals surface area (Å²) in [6, 6.07) is 0. The van der Waals surface area contributed by atoms with Crippen LogP contribution in [0.15, 0.2) is 23.7 Å². The van der Waals surface area contributed by atoms with Crippen LogP contribution in [-0.4, -0.2) is 19.2 Å². The molecule has 0 aromatic rings. The summed E-state index contributed by atoms with van der Waals surface area (Å²) in [4.78, 5) is 11.6. The van der Waals surface area contributed by atoms with Crippen molar-refractivity contribution < 1.29 is 14.3 Å². The van der Waals surface area contributed by atoms with E-state index in [4.69, 9.17) is 9.47 Å². The third-order valence-electron chi connectivity index (χ3n) is 2.23. The topological polar surface area (TPSA) is 47.6 Å². The van der Waals surface area contributed by atoms with E-state index in [0.29, 0.717) is 18.1 Å². The second-order valence-electron chi connectivity index (χ2n) is 3.26. The highest BCUT2D eigenvalue weighted by Gasteiger charge is 2.32. The first-order valence-corrected chi connectivity index (χ1v) is 4.78. The number of hydrogen-bond donors (Lipinski definition) is 1. The number of nitrogens with one attached hydrogen (secondary N) is 1. The summed E-state index contributed by atoms with van der Waals surface area (Å²) in [7, 11) is 0. The summed E-state index contributed by atoms with van der Waals surface area (Å²) >= 11 is 0. The molecule has 1 aliphatic carbocycles. The normalized spacial score (nSPS) is 23.1. The van der Waals surface area contributed by atoms with Crippen LogP contribution in [0.5, 0.6) is 0 Å². The number of carbonyl (C=O) groups excluding carboxylic acids is 1. The molecule has 1 N–H and O–H groups in total. The highest BCUT2D eigenvalue weighted by atomic mass is 16.7. The van der Waals surface area contributed by atoms with Crippen LogP contribution in [-0.2, 0) is 14.3 Å². The summed E-state index contributed by atoms with van der Waals surface area (Å²) in [5.74, 6) is 1.04. The average Bonchev–Trinajstić information content (AvgIpc) is 2.74. The van der Waals surface area contributed by atoms with Gasteiger partial charge >= 0.3 is 0 Å². The Hall–Kier alpha value is -1.45. The average molecular weight is 195 g/mol. The van der Waals surface area contributed by atoms with E-state index in [-0.39, 0.29) is 18.6 Å². The second kappa shape index (κ2) is 3.74. The highest BCUT2D eigenvalue weighted by molar-refractivity contribution is 5.84. The van der Waals surface area contributed by atoms with Crippen LogP contribution in [0.4, 0.5) is 0 Å². The van der Waals surface area contributed by atoms with Gasteiger partial charge in [0.05, 0.1) is 0 Å². The van der Waals surface area contributed by atoms with Crippen molar-refractivity contribution in [1.82, 2.24) is 5.32 Å². The first kappa shape index (κ1) is 9.12. The van der Waals surface area contributed by atoms with Crippen molar-refractivity contribution in [3.63, 3.8) is 0 Å². The molecule has 4 heteroatoms. The van der Waals surface area contributed by atoms with Crippen molar-refractivity contribution >= 4 is 5.91 Å². The molecule has 0 spiro atoms. The minimum atomic E-state index is -0.293. The van der Waals surface area contributed by atoms with Crippen LogP contribution in [0.2, 0.25) is 0 Å². The maximum atomic E-state index is 11.6. The first-order valence-electron chi connectivity index (χ1n) is 4.78. The number of hydrogen-bond acceptors (Lipinski definition) is 3. The molecule has 0 saturated heterocycles. The Labute approximate surface area is 82.6 Å². The van der Waals surface area contributed by atoms with E-state index in [2.05, 4.69) is 5.32 Å². The zero-order valence-electron chi connectivity index (χ0n) is 8.08. The zero-order chi connectivity index (χ0) is 9.97. The molecule has 4 nitrogen and oxygen atoms in total. The Morgan fingerprint density at radius 2 is 2.50 bits per heavy atom. The van der Waals surface area contributed by atoms with E-state index < -0.39 is 0 Å². The van der Waals surface area contributed by atoms with Gasteiger partial charge in [-0.05, 0) is 12.5 Å². The van der Waals surface area contributed by atoms with E-state index in [0.717, 1.165) is 6.42 Å². The van der Waals surface area contributed by atoms with Gasteiger partial charge in [-0.2, -0.15) is 0 Å². The van der Waals surface area contributed by atoms with Crippen molar-refractivity contribution in [3.8, 4) is 0 Å². The summed E-state index contributed by atoms with van der Waals surface area (Å²) in [6.45, 7) is 2.95. The predicted molar refractivity (Wildman–Crippen MR) is 50.0 cm³/mol. The van der Waals surface area contributed by atoms with Gasteiger partial charge in [0.25, 0.3) is 0 Å². The lowest BCUT2D eigenvalue weighted by atomic mass is 10.1. The highest BCUT2D eigenvalue weighted by Crippen LogP contribution is 2.31. The maximum Gasteiger partial charge on any atom is 0.234 e. The lowest BCUT2D eigenvalue weighted by Crippen LogP contribution is -2.30. The molecule has 0 bridgehead atoms. The fraction of sp³-hybridized carbons (Fsp3) is 0.500. The van der Waals surface area contributed by atoms with Gasteiger partial charge in [-0.15, -0.1) is 0 Å². The summed E-state index contributed by atoms with van der Waals surface area (Å²) in [5, 5.41) is 2.83. The SMILES string of the molecule is CCCNC(=O)C1C=CC2=C1OCO2. The van der Waals surface area contributed by atoms with Gasteiger partial charge in [0.15, 0.2) is 11.5 Å². The van der Waals surface area contributed by atoms with Crippen molar-refractivity contribution in [1.29, 1.82) is 0 Å². The Bertz CT molecular complexity index is 306. The smallest absolute Gasteiger partial charge is 0.234 e. The van der Waals surface area contributed by atoms with Crippen LogP contribution in [0.1, 0.15) is 13.3 Å². The van der Waals surface area contributed by atoms with E-state index in [1.54, 1.807) is 12.2 Å². The molecular weight excluding hydrogens is 182 g/mol. The number of allylic oxidation sites excluding steroid dienone is 1. The van der Waals surface area contributed by atoms with Crippen LogP contribution >= 0.6 is 0 Å². The second-order valence-corrected chi connectivity index (χ2v) is 3.26. The molecule has 1 amide bonds. The summed E-state index contributed by atoms with van der Waals surface area (Å²) in [6.07, 6.45) is 4.53. The predicted octanol–water partition coefficient (Wildman–Crippen LogP) is 0.914. The molecule has 0 fully saturated rings. The lowest BCUT2D eigenvalue weighted by Gasteiger charge is -2.10. The zero-order valence-corrected chi connectivity index (χ0v) is 8.08. The van der Waals surface area contributed by atoms with Gasteiger partial charge in [-0.25, -0.2) is 0 Å². The minimum absolute atomic E-state index is 0.0152. The summed E-state index contributed by atoms with van der Waals surface area (Å²) < 4.78 is 10.4. The Morgan fingerprint density at radius 3 is 3.29 bits per heavy atom. The lowest BCUT2D eigenvalue weighted by molar-refractivity contribution is -0.123. The molecule has 0 aromatic heterocycles. The van der Waals surface area contributed by atoms with E-state index in [9.17, 15) is 4.79 Å². The third-order valence-corrected chi connectivity index (χ3v) is 2.23. The Morgan fingerprint density at radius 1 is 1.64 bits per heavy atom. The molecule has 2 rings (SSSR count). The van der Waals surface area contributed by atoms with Crippen molar-refractivity contribution in [3.05, 3.63) is 23.7 Å². The van der Waals surface area contributed by atoms with Crippen molar-refractivity contribution in [2.24, 2.45) is 5.92 Å². The Balaban J connectivity index is 1.99. The third kappa shape index (κ3) is 1.47. The van der Waals surface area contributed by atoms with Crippen molar-refractivity contribution in [2.75, 3.05) is 13.3 Å². The molecule has 0 saturated carbocycles. The standard InChI is InChI=1S/C10H13NO3/c1-2-5-11-10(12)7-3-4-8-9(7)14-6-13-8/h3-4,7H,2,5-6H2,1H3,(H,11,12). The van der Waals surface area contributed by atoms with Gasteiger partial charge in [-0.3, -0.25) is 4.79 Å². The molecule has 14 heavy (non-hydrogen) atoms. The molecule has 2 aliphatic rings. The van der Waals surface area contributed by atoms with Gasteiger partial charge in [0, 0.05) is 6.54 Å². The first-order chi connectivity index (χ1) is 6.83.